The van der Waals surface area contributed by atoms with Crippen LogP contribution in [0, 0.1) is 17.8 Å². The van der Waals surface area contributed by atoms with E-state index in [0.717, 1.165) is 47.2 Å². The van der Waals surface area contributed by atoms with Crippen LogP contribution in [0.3, 0.4) is 0 Å². The van der Waals surface area contributed by atoms with Gasteiger partial charge in [0.1, 0.15) is 10.7 Å². The van der Waals surface area contributed by atoms with Crippen LogP contribution in [0.25, 0.3) is 10.2 Å². The number of rotatable bonds is 5. The number of aromatic amines is 1. The van der Waals surface area contributed by atoms with E-state index in [1.807, 2.05) is 0 Å². The zero-order valence-electron chi connectivity index (χ0n) is 19.3. The largest absolute Gasteiger partial charge is 0.310 e. The number of amides is 1. The van der Waals surface area contributed by atoms with Crippen LogP contribution in [-0.4, -0.2) is 20.9 Å². The lowest BCUT2D eigenvalue weighted by atomic mass is 9.49. The lowest BCUT2D eigenvalue weighted by Crippen LogP contribution is -2.48. The first-order valence-electron chi connectivity index (χ1n) is 12.8. The van der Waals surface area contributed by atoms with Gasteiger partial charge in [0.25, 0.3) is 5.56 Å². The molecular weight excluding hydrogens is 464 g/mol. The zero-order valence-corrected chi connectivity index (χ0v) is 21.0. The number of anilines is 1. The van der Waals surface area contributed by atoms with Crippen LogP contribution in [0.15, 0.2) is 10.2 Å². The average Bonchev–Trinajstić information content (AvgIpc) is 3.42. The fourth-order valence-electron chi connectivity index (χ4n) is 7.74. The molecule has 3 aromatic heterocycles. The minimum Gasteiger partial charge on any atom is -0.310 e. The second kappa shape index (κ2) is 7.98. The monoisotopic (exact) mass is 494 g/mol. The lowest BCUT2D eigenvalue weighted by molar-refractivity contribution is -0.116. The van der Waals surface area contributed by atoms with E-state index in [2.05, 4.69) is 15.7 Å². The van der Waals surface area contributed by atoms with Crippen LogP contribution < -0.4 is 10.9 Å². The van der Waals surface area contributed by atoms with Crippen LogP contribution in [0.4, 0.5) is 5.13 Å². The van der Waals surface area contributed by atoms with Gasteiger partial charge in [-0.15, -0.1) is 22.7 Å². The van der Waals surface area contributed by atoms with Gasteiger partial charge in [0.15, 0.2) is 5.13 Å². The number of thiazole rings is 1. The Morgan fingerprint density at radius 3 is 2.59 bits per heavy atom. The summed E-state index contributed by atoms with van der Waals surface area (Å²) in [5.41, 5.74) is 2.61. The number of fused-ring (bicyclic) bond motifs is 3. The molecule has 3 heterocycles. The average molecular weight is 495 g/mol. The summed E-state index contributed by atoms with van der Waals surface area (Å²) in [7, 11) is 0. The van der Waals surface area contributed by atoms with Crippen molar-refractivity contribution < 1.29 is 4.79 Å². The van der Waals surface area contributed by atoms with Gasteiger partial charge in [0.2, 0.25) is 5.91 Å². The molecule has 0 aromatic carbocycles. The summed E-state index contributed by atoms with van der Waals surface area (Å²) in [6.45, 7) is 0. The number of nitrogens with zero attached hydrogens (tertiary/aromatic N) is 2. The standard InChI is InChI=1S/C26H30N4O2S2/c31-21(6-5-20-28-23(32)22-17-3-1-2-4-18(17)34-24(22)29-20)30-25-27-19(13-33-25)26-10-14-7-15(11-26)9-16(8-14)12-26/h13-16H,1-12H2,(H,27,30,31)(H,28,29,32). The Bertz CT molecular complexity index is 1300. The molecule has 0 spiro atoms. The van der Waals surface area contributed by atoms with Gasteiger partial charge < -0.3 is 10.3 Å². The molecule has 3 aromatic rings. The molecule has 0 saturated heterocycles. The number of carbonyl (C=O) groups is 1. The number of nitrogens with one attached hydrogen (secondary N) is 2. The van der Waals surface area contributed by atoms with Gasteiger partial charge >= 0.3 is 0 Å². The first kappa shape index (κ1) is 21.2. The molecule has 8 rings (SSSR count). The molecule has 178 valence electrons. The van der Waals surface area contributed by atoms with E-state index in [0.29, 0.717) is 17.4 Å². The number of H-pyrrole nitrogens is 1. The Balaban J connectivity index is 1.03. The third kappa shape index (κ3) is 3.56. The van der Waals surface area contributed by atoms with Crippen molar-refractivity contribution >= 4 is 43.9 Å². The SMILES string of the molecule is O=C(CCc1nc2sc3c(c2c(=O)[nH]1)CCCC3)Nc1nc(C23CC4CC(CC(C4)C2)C3)cs1. The molecule has 34 heavy (non-hydrogen) atoms. The maximum absolute atomic E-state index is 12.7. The summed E-state index contributed by atoms with van der Waals surface area (Å²) in [4.78, 5) is 40.1. The third-order valence-electron chi connectivity index (χ3n) is 8.80. The molecule has 2 N–H and O–H groups in total. The maximum atomic E-state index is 12.7. The number of carbonyl (C=O) groups excluding carboxylic acids is 1. The topological polar surface area (TPSA) is 87.7 Å². The van der Waals surface area contributed by atoms with Crippen LogP contribution >= 0.6 is 22.7 Å². The van der Waals surface area contributed by atoms with Crippen LogP contribution in [0.5, 0.6) is 0 Å². The van der Waals surface area contributed by atoms with Gasteiger partial charge in [-0.1, -0.05) is 0 Å². The molecule has 4 fully saturated rings. The number of hydrogen-bond donors (Lipinski definition) is 2. The van der Waals surface area contributed by atoms with Crippen molar-refractivity contribution in [3.05, 3.63) is 37.7 Å². The lowest BCUT2D eigenvalue weighted by Gasteiger charge is -2.56. The molecule has 8 heteroatoms. The van der Waals surface area contributed by atoms with Gasteiger partial charge in [-0.2, -0.15) is 0 Å². The first-order valence-corrected chi connectivity index (χ1v) is 14.5. The van der Waals surface area contributed by atoms with Gasteiger partial charge in [-0.05, 0) is 87.5 Å². The van der Waals surface area contributed by atoms with Crippen molar-refractivity contribution in [1.29, 1.82) is 0 Å². The van der Waals surface area contributed by atoms with E-state index < -0.39 is 0 Å². The van der Waals surface area contributed by atoms with E-state index in [1.165, 1.54) is 61.1 Å². The minimum absolute atomic E-state index is 0.0556. The van der Waals surface area contributed by atoms with Gasteiger partial charge in [0.05, 0.1) is 11.1 Å². The number of aromatic nitrogens is 3. The fraction of sp³-hybridized carbons (Fsp3) is 0.615. The second-order valence-electron chi connectivity index (χ2n) is 11.2. The molecule has 0 radical (unpaired) electrons. The molecule has 0 unspecified atom stereocenters. The molecule has 4 saturated carbocycles. The van der Waals surface area contributed by atoms with E-state index in [1.54, 1.807) is 22.7 Å². The van der Waals surface area contributed by atoms with Crippen molar-refractivity contribution in [2.45, 2.75) is 82.5 Å². The van der Waals surface area contributed by atoms with Crippen molar-refractivity contribution in [2.75, 3.05) is 5.32 Å². The minimum atomic E-state index is -0.0698. The van der Waals surface area contributed by atoms with Crippen molar-refractivity contribution in [3.63, 3.8) is 0 Å². The van der Waals surface area contributed by atoms with Crippen molar-refractivity contribution in [3.8, 4) is 0 Å². The maximum Gasteiger partial charge on any atom is 0.259 e. The van der Waals surface area contributed by atoms with E-state index in [-0.39, 0.29) is 23.3 Å². The van der Waals surface area contributed by atoms with E-state index >= 15 is 0 Å². The molecule has 1 amide bonds. The Morgan fingerprint density at radius 2 is 1.82 bits per heavy atom. The highest BCUT2D eigenvalue weighted by molar-refractivity contribution is 7.18. The second-order valence-corrected chi connectivity index (χ2v) is 13.1. The smallest absolute Gasteiger partial charge is 0.259 e. The van der Waals surface area contributed by atoms with Gasteiger partial charge in [0, 0.05) is 28.5 Å². The highest BCUT2D eigenvalue weighted by Crippen LogP contribution is 2.60. The van der Waals surface area contributed by atoms with Crippen molar-refractivity contribution in [1.82, 2.24) is 15.0 Å². The van der Waals surface area contributed by atoms with E-state index in [4.69, 9.17) is 9.97 Å². The van der Waals surface area contributed by atoms with E-state index in [9.17, 15) is 9.59 Å². The molecule has 5 aliphatic carbocycles. The summed E-state index contributed by atoms with van der Waals surface area (Å²) >= 11 is 3.20. The van der Waals surface area contributed by atoms with Crippen LogP contribution in [-0.2, 0) is 29.5 Å². The summed E-state index contributed by atoms with van der Waals surface area (Å²) in [5.74, 6) is 3.17. The number of hydrogen-bond acceptors (Lipinski definition) is 6. The normalized spacial score (nSPS) is 29.5. The molecule has 0 aliphatic heterocycles. The Morgan fingerprint density at radius 1 is 1.09 bits per heavy atom. The zero-order chi connectivity index (χ0) is 22.9. The molecule has 0 atom stereocenters. The molecule has 5 aliphatic rings. The summed E-state index contributed by atoms with van der Waals surface area (Å²) in [6.07, 6.45) is 13.2. The summed E-state index contributed by atoms with van der Waals surface area (Å²) < 4.78 is 0. The molecule has 6 nitrogen and oxygen atoms in total. The fourth-order valence-corrected chi connectivity index (χ4v) is 9.87. The van der Waals surface area contributed by atoms with Gasteiger partial charge in [-0.3, -0.25) is 9.59 Å². The van der Waals surface area contributed by atoms with Crippen molar-refractivity contribution in [2.24, 2.45) is 17.8 Å². The first-order chi connectivity index (χ1) is 16.5. The molecular formula is C26H30N4O2S2. The predicted octanol–water partition coefficient (Wildman–Crippen LogP) is 5.36. The third-order valence-corrected chi connectivity index (χ3v) is 10.7. The highest BCUT2D eigenvalue weighted by atomic mass is 32.1. The summed E-state index contributed by atoms with van der Waals surface area (Å²) in [6, 6.07) is 0. The van der Waals surface area contributed by atoms with Gasteiger partial charge in [-0.25, -0.2) is 9.97 Å². The van der Waals surface area contributed by atoms with Crippen LogP contribution in [0.2, 0.25) is 0 Å². The Hall–Kier alpha value is -2.06. The quantitative estimate of drug-likeness (QED) is 0.500. The highest BCUT2D eigenvalue weighted by Gasteiger charge is 2.52. The number of thiophene rings is 1. The Labute approximate surface area is 206 Å². The van der Waals surface area contributed by atoms with Crippen LogP contribution in [0.1, 0.15) is 79.7 Å². The predicted molar refractivity (Wildman–Crippen MR) is 136 cm³/mol. The summed E-state index contributed by atoms with van der Waals surface area (Å²) in [5, 5.41) is 6.67. The number of aryl methyl sites for hydroxylation is 3. The molecule has 4 bridgehead atoms. The Kier molecular flexibility index (Phi) is 4.99.